The number of carbonyl (C=O) groups is 1. The molecule has 0 saturated carbocycles. The van der Waals surface area contributed by atoms with E-state index in [9.17, 15) is 4.79 Å². The molecule has 4 nitrogen and oxygen atoms in total. The standard InChI is InChI=1S/C13H20BrN3O/c1-5-8-17(9-13(18)16(3)4)12-7-6-11(14)10(2)15-12/h6-7H,5,8-9H2,1-4H3. The van der Waals surface area contributed by atoms with Crippen LogP contribution in [0.2, 0.25) is 0 Å². The summed E-state index contributed by atoms with van der Waals surface area (Å²) in [4.78, 5) is 19.9. The number of likely N-dealkylation sites (N-methyl/N-ethyl adjacent to an activating group) is 1. The molecule has 0 atom stereocenters. The molecule has 0 N–H and O–H groups in total. The van der Waals surface area contributed by atoms with Gasteiger partial charge in [0.25, 0.3) is 0 Å². The lowest BCUT2D eigenvalue weighted by Crippen LogP contribution is -2.37. The minimum atomic E-state index is 0.0887. The van der Waals surface area contributed by atoms with E-state index in [4.69, 9.17) is 0 Å². The van der Waals surface area contributed by atoms with Crippen LogP contribution in [0.1, 0.15) is 19.0 Å². The van der Waals surface area contributed by atoms with Crippen LogP contribution in [0.4, 0.5) is 5.82 Å². The van der Waals surface area contributed by atoms with Crippen LogP contribution in [0.15, 0.2) is 16.6 Å². The highest BCUT2D eigenvalue weighted by Gasteiger charge is 2.14. The van der Waals surface area contributed by atoms with Gasteiger partial charge in [-0.25, -0.2) is 4.98 Å². The van der Waals surface area contributed by atoms with Gasteiger partial charge in [0, 0.05) is 25.1 Å². The summed E-state index contributed by atoms with van der Waals surface area (Å²) in [5.41, 5.74) is 0.936. The lowest BCUT2D eigenvalue weighted by atomic mass is 10.3. The number of halogens is 1. The lowest BCUT2D eigenvalue weighted by Gasteiger charge is -2.24. The molecule has 100 valence electrons. The van der Waals surface area contributed by atoms with Crippen molar-refractivity contribution < 1.29 is 4.79 Å². The zero-order valence-corrected chi connectivity index (χ0v) is 13.0. The van der Waals surface area contributed by atoms with E-state index in [1.54, 1.807) is 19.0 Å². The Morgan fingerprint density at radius 2 is 2.06 bits per heavy atom. The van der Waals surface area contributed by atoms with Crippen LogP contribution in [-0.2, 0) is 4.79 Å². The molecule has 1 rings (SSSR count). The zero-order valence-electron chi connectivity index (χ0n) is 11.4. The van der Waals surface area contributed by atoms with Gasteiger partial charge in [-0.05, 0) is 41.4 Å². The fourth-order valence-corrected chi connectivity index (χ4v) is 1.78. The van der Waals surface area contributed by atoms with Gasteiger partial charge in [-0.3, -0.25) is 4.79 Å². The third-order valence-corrected chi connectivity index (χ3v) is 3.49. The smallest absolute Gasteiger partial charge is 0.241 e. The summed E-state index contributed by atoms with van der Waals surface area (Å²) in [5.74, 6) is 0.943. The first-order chi connectivity index (χ1) is 8.45. The second-order valence-electron chi connectivity index (χ2n) is 4.45. The molecule has 5 heteroatoms. The number of hydrogen-bond acceptors (Lipinski definition) is 3. The molecule has 0 radical (unpaired) electrons. The van der Waals surface area contributed by atoms with Crippen molar-refractivity contribution in [1.29, 1.82) is 0 Å². The molecule has 0 aliphatic heterocycles. The Bertz CT molecular complexity index is 421. The maximum Gasteiger partial charge on any atom is 0.241 e. The molecule has 0 fully saturated rings. The fraction of sp³-hybridized carbons (Fsp3) is 0.538. The summed E-state index contributed by atoms with van der Waals surface area (Å²) in [6.07, 6.45) is 0.984. The maximum absolute atomic E-state index is 11.8. The SMILES string of the molecule is CCCN(CC(=O)N(C)C)c1ccc(Br)c(C)n1. The number of hydrogen-bond donors (Lipinski definition) is 0. The van der Waals surface area contributed by atoms with E-state index in [1.165, 1.54) is 0 Å². The highest BCUT2D eigenvalue weighted by molar-refractivity contribution is 9.10. The van der Waals surface area contributed by atoms with Gasteiger partial charge < -0.3 is 9.80 Å². The second kappa shape index (κ2) is 6.73. The first-order valence-corrected chi connectivity index (χ1v) is 6.83. The number of aromatic nitrogens is 1. The highest BCUT2D eigenvalue weighted by atomic mass is 79.9. The molecule has 0 aliphatic rings. The Labute approximate surface area is 117 Å². The average Bonchev–Trinajstić information content (AvgIpc) is 2.32. The van der Waals surface area contributed by atoms with E-state index < -0.39 is 0 Å². The van der Waals surface area contributed by atoms with Gasteiger partial charge in [0.2, 0.25) is 5.91 Å². The third kappa shape index (κ3) is 3.98. The number of rotatable bonds is 5. The van der Waals surface area contributed by atoms with Crippen molar-refractivity contribution in [3.8, 4) is 0 Å². The van der Waals surface area contributed by atoms with Gasteiger partial charge in [-0.1, -0.05) is 6.92 Å². The topological polar surface area (TPSA) is 36.4 Å². The Balaban J connectivity index is 2.89. The molecular weight excluding hydrogens is 294 g/mol. The van der Waals surface area contributed by atoms with E-state index in [-0.39, 0.29) is 5.91 Å². The molecule has 0 saturated heterocycles. The molecule has 0 aromatic carbocycles. The molecule has 0 aliphatic carbocycles. The lowest BCUT2D eigenvalue weighted by molar-refractivity contribution is -0.127. The van der Waals surface area contributed by atoms with Crippen molar-refractivity contribution >= 4 is 27.7 Å². The summed E-state index contributed by atoms with van der Waals surface area (Å²) < 4.78 is 0.988. The molecule has 1 aromatic heterocycles. The van der Waals surface area contributed by atoms with E-state index in [1.807, 2.05) is 24.0 Å². The Morgan fingerprint density at radius 3 is 2.56 bits per heavy atom. The summed E-state index contributed by atoms with van der Waals surface area (Å²) in [7, 11) is 3.54. The van der Waals surface area contributed by atoms with Crippen LogP contribution in [0.5, 0.6) is 0 Å². The van der Waals surface area contributed by atoms with Crippen molar-refractivity contribution in [1.82, 2.24) is 9.88 Å². The summed E-state index contributed by atoms with van der Waals surface area (Å²) >= 11 is 3.44. The van der Waals surface area contributed by atoms with Crippen molar-refractivity contribution in [2.45, 2.75) is 20.3 Å². The van der Waals surface area contributed by atoms with Crippen LogP contribution >= 0.6 is 15.9 Å². The van der Waals surface area contributed by atoms with Crippen molar-refractivity contribution in [3.05, 3.63) is 22.3 Å². The third-order valence-electron chi connectivity index (χ3n) is 2.65. The molecule has 0 bridgehead atoms. The normalized spacial score (nSPS) is 10.3. The van der Waals surface area contributed by atoms with E-state index in [2.05, 4.69) is 27.8 Å². The molecule has 18 heavy (non-hydrogen) atoms. The molecular formula is C13H20BrN3O. The van der Waals surface area contributed by atoms with E-state index in [0.29, 0.717) is 6.54 Å². The Kier molecular flexibility index (Phi) is 5.59. The number of amides is 1. The Morgan fingerprint density at radius 1 is 1.39 bits per heavy atom. The average molecular weight is 314 g/mol. The Hall–Kier alpha value is -1.10. The number of pyridine rings is 1. The van der Waals surface area contributed by atoms with Crippen molar-refractivity contribution in [2.75, 3.05) is 32.1 Å². The van der Waals surface area contributed by atoms with Crippen LogP contribution in [0, 0.1) is 6.92 Å². The van der Waals surface area contributed by atoms with Crippen LogP contribution < -0.4 is 4.90 Å². The van der Waals surface area contributed by atoms with Crippen molar-refractivity contribution in [2.24, 2.45) is 0 Å². The summed E-state index contributed by atoms with van der Waals surface area (Å²) in [5, 5.41) is 0. The first-order valence-electron chi connectivity index (χ1n) is 6.04. The van der Waals surface area contributed by atoms with Crippen molar-refractivity contribution in [3.63, 3.8) is 0 Å². The number of carbonyl (C=O) groups excluding carboxylic acids is 1. The minimum absolute atomic E-state index is 0.0887. The zero-order chi connectivity index (χ0) is 13.7. The second-order valence-corrected chi connectivity index (χ2v) is 5.30. The molecule has 1 amide bonds. The van der Waals surface area contributed by atoms with Gasteiger partial charge in [-0.15, -0.1) is 0 Å². The predicted molar refractivity (Wildman–Crippen MR) is 77.9 cm³/mol. The maximum atomic E-state index is 11.8. The van der Waals surface area contributed by atoms with Gasteiger partial charge in [0.1, 0.15) is 5.82 Å². The predicted octanol–water partition coefficient (Wildman–Crippen LogP) is 2.46. The van der Waals surface area contributed by atoms with Crippen LogP contribution in [0.3, 0.4) is 0 Å². The fourth-order valence-electron chi connectivity index (χ4n) is 1.56. The number of anilines is 1. The highest BCUT2D eigenvalue weighted by Crippen LogP contribution is 2.19. The summed E-state index contributed by atoms with van der Waals surface area (Å²) in [6.45, 7) is 5.24. The minimum Gasteiger partial charge on any atom is -0.347 e. The van der Waals surface area contributed by atoms with Crippen LogP contribution in [-0.4, -0.2) is 43.0 Å². The summed E-state index contributed by atoms with van der Waals surface area (Å²) in [6, 6.07) is 3.91. The van der Waals surface area contributed by atoms with E-state index >= 15 is 0 Å². The number of aryl methyl sites for hydroxylation is 1. The number of nitrogens with zero attached hydrogens (tertiary/aromatic N) is 3. The monoisotopic (exact) mass is 313 g/mol. The van der Waals surface area contributed by atoms with Gasteiger partial charge >= 0.3 is 0 Å². The molecule has 0 spiro atoms. The molecule has 1 aromatic rings. The van der Waals surface area contributed by atoms with Crippen LogP contribution in [0.25, 0.3) is 0 Å². The largest absolute Gasteiger partial charge is 0.347 e. The van der Waals surface area contributed by atoms with Gasteiger partial charge in [-0.2, -0.15) is 0 Å². The molecule has 1 heterocycles. The first kappa shape index (κ1) is 15.0. The quantitative estimate of drug-likeness (QED) is 0.838. The van der Waals surface area contributed by atoms with Gasteiger partial charge in [0.05, 0.1) is 12.2 Å². The van der Waals surface area contributed by atoms with E-state index in [0.717, 1.165) is 29.0 Å². The van der Waals surface area contributed by atoms with Gasteiger partial charge in [0.15, 0.2) is 0 Å². The molecule has 0 unspecified atom stereocenters.